The second kappa shape index (κ2) is 4.84. The Labute approximate surface area is 110 Å². The molecule has 0 spiro atoms. The maximum absolute atomic E-state index is 12.0. The molecule has 0 aromatic rings. The van der Waals surface area contributed by atoms with E-state index in [0.717, 1.165) is 19.5 Å². The Bertz CT molecular complexity index is 322. The smallest absolute Gasteiger partial charge is 0.224 e. The lowest BCUT2D eigenvalue weighted by Crippen LogP contribution is -2.47. The van der Waals surface area contributed by atoms with Crippen molar-refractivity contribution in [3.05, 3.63) is 0 Å². The molecule has 3 fully saturated rings. The molecule has 3 heteroatoms. The maximum Gasteiger partial charge on any atom is 0.224 e. The highest BCUT2D eigenvalue weighted by atomic mass is 16.2. The summed E-state index contributed by atoms with van der Waals surface area (Å²) in [6, 6.07) is 0.923. The van der Waals surface area contributed by atoms with Crippen LogP contribution in [0.2, 0.25) is 0 Å². The standard InChI is InChI=1S/C15H26N2O/c1-15(7-3-4-8-15)11-16-12-10-14(18)17-9-5-2-6-13(12)17/h12-13,16H,2-11H2,1H3. The average molecular weight is 250 g/mol. The molecule has 0 bridgehead atoms. The van der Waals surface area contributed by atoms with E-state index in [9.17, 15) is 4.79 Å². The van der Waals surface area contributed by atoms with E-state index >= 15 is 0 Å². The molecule has 2 heterocycles. The molecule has 3 rings (SSSR count). The Balaban J connectivity index is 1.58. The summed E-state index contributed by atoms with van der Waals surface area (Å²) in [5.74, 6) is 0.383. The van der Waals surface area contributed by atoms with Gasteiger partial charge in [0.1, 0.15) is 0 Å². The summed E-state index contributed by atoms with van der Waals surface area (Å²) in [7, 11) is 0. The molecular weight excluding hydrogens is 224 g/mol. The molecule has 18 heavy (non-hydrogen) atoms. The molecule has 1 aliphatic carbocycles. The number of fused-ring (bicyclic) bond motifs is 1. The summed E-state index contributed by atoms with van der Waals surface area (Å²) < 4.78 is 0. The molecular formula is C15H26N2O. The fraction of sp³-hybridized carbons (Fsp3) is 0.933. The predicted octanol–water partition coefficient (Wildman–Crippen LogP) is 2.31. The number of nitrogens with zero attached hydrogens (tertiary/aromatic N) is 1. The maximum atomic E-state index is 12.0. The third-order valence-electron chi connectivity index (χ3n) is 5.33. The molecule has 3 nitrogen and oxygen atoms in total. The lowest BCUT2D eigenvalue weighted by Gasteiger charge is -2.34. The number of hydrogen-bond acceptors (Lipinski definition) is 2. The first-order valence-electron chi connectivity index (χ1n) is 7.71. The van der Waals surface area contributed by atoms with Crippen LogP contribution in [0.3, 0.4) is 0 Å². The average Bonchev–Trinajstić information content (AvgIpc) is 2.94. The molecule has 1 N–H and O–H groups in total. The molecule has 2 aliphatic heterocycles. The van der Waals surface area contributed by atoms with Crippen LogP contribution < -0.4 is 5.32 Å². The van der Waals surface area contributed by atoms with Crippen molar-refractivity contribution in [3.63, 3.8) is 0 Å². The van der Waals surface area contributed by atoms with Crippen molar-refractivity contribution in [2.45, 2.75) is 70.4 Å². The summed E-state index contributed by atoms with van der Waals surface area (Å²) in [6.45, 7) is 4.51. The molecule has 0 aromatic heterocycles. The number of amides is 1. The van der Waals surface area contributed by atoms with Gasteiger partial charge in [-0.2, -0.15) is 0 Å². The van der Waals surface area contributed by atoms with Gasteiger partial charge in [0, 0.05) is 31.6 Å². The Kier molecular flexibility index (Phi) is 3.35. The fourth-order valence-electron chi connectivity index (χ4n) is 4.12. The third kappa shape index (κ3) is 2.29. The highest BCUT2D eigenvalue weighted by Crippen LogP contribution is 2.37. The summed E-state index contributed by atoms with van der Waals surface area (Å²) >= 11 is 0. The first-order chi connectivity index (χ1) is 8.68. The molecule has 102 valence electrons. The molecule has 0 aromatic carbocycles. The number of rotatable bonds is 3. The minimum atomic E-state index is 0.383. The van der Waals surface area contributed by atoms with Gasteiger partial charge in [-0.25, -0.2) is 0 Å². The summed E-state index contributed by atoms with van der Waals surface area (Å²) in [6.07, 6.45) is 9.93. The van der Waals surface area contributed by atoms with E-state index in [4.69, 9.17) is 0 Å². The van der Waals surface area contributed by atoms with Crippen LogP contribution in [-0.2, 0) is 4.79 Å². The van der Waals surface area contributed by atoms with Crippen molar-refractivity contribution >= 4 is 5.91 Å². The van der Waals surface area contributed by atoms with Crippen LogP contribution in [0.5, 0.6) is 0 Å². The Morgan fingerprint density at radius 1 is 1.28 bits per heavy atom. The Morgan fingerprint density at radius 3 is 2.83 bits per heavy atom. The van der Waals surface area contributed by atoms with Gasteiger partial charge in [0.05, 0.1) is 0 Å². The molecule has 3 aliphatic rings. The highest BCUT2D eigenvalue weighted by molar-refractivity contribution is 5.80. The summed E-state index contributed by atoms with van der Waals surface area (Å²) in [5, 5.41) is 3.73. The lowest BCUT2D eigenvalue weighted by atomic mass is 9.88. The normalized spacial score (nSPS) is 34.9. The van der Waals surface area contributed by atoms with E-state index < -0.39 is 0 Å². The van der Waals surface area contributed by atoms with Crippen LogP contribution in [0, 0.1) is 5.41 Å². The van der Waals surface area contributed by atoms with E-state index in [1.807, 2.05) is 0 Å². The third-order valence-corrected chi connectivity index (χ3v) is 5.33. The van der Waals surface area contributed by atoms with Gasteiger partial charge in [-0.15, -0.1) is 0 Å². The first-order valence-corrected chi connectivity index (χ1v) is 7.71. The number of carbonyl (C=O) groups excluding carboxylic acids is 1. The number of hydrogen-bond donors (Lipinski definition) is 1. The minimum Gasteiger partial charge on any atom is -0.338 e. The van der Waals surface area contributed by atoms with Crippen molar-refractivity contribution in [3.8, 4) is 0 Å². The van der Waals surface area contributed by atoms with Gasteiger partial charge in [0.25, 0.3) is 0 Å². The zero-order chi connectivity index (χ0) is 12.6. The second-order valence-electron chi connectivity index (χ2n) is 6.86. The number of piperidine rings is 1. The van der Waals surface area contributed by atoms with Gasteiger partial charge in [-0.1, -0.05) is 19.8 Å². The van der Waals surface area contributed by atoms with Gasteiger partial charge in [0.15, 0.2) is 0 Å². The van der Waals surface area contributed by atoms with Crippen LogP contribution >= 0.6 is 0 Å². The van der Waals surface area contributed by atoms with E-state index in [1.165, 1.54) is 44.9 Å². The lowest BCUT2D eigenvalue weighted by molar-refractivity contribution is -0.129. The highest BCUT2D eigenvalue weighted by Gasteiger charge is 2.41. The van der Waals surface area contributed by atoms with Crippen LogP contribution in [0.15, 0.2) is 0 Å². The van der Waals surface area contributed by atoms with Crippen molar-refractivity contribution in [2.24, 2.45) is 5.41 Å². The van der Waals surface area contributed by atoms with Crippen LogP contribution in [0.25, 0.3) is 0 Å². The minimum absolute atomic E-state index is 0.383. The van der Waals surface area contributed by atoms with Crippen LogP contribution in [0.1, 0.15) is 58.3 Å². The first kappa shape index (κ1) is 12.5. The molecule has 1 amide bonds. The Hall–Kier alpha value is -0.570. The van der Waals surface area contributed by atoms with Crippen molar-refractivity contribution in [1.29, 1.82) is 0 Å². The van der Waals surface area contributed by atoms with Gasteiger partial charge >= 0.3 is 0 Å². The van der Waals surface area contributed by atoms with Crippen LogP contribution in [0.4, 0.5) is 0 Å². The van der Waals surface area contributed by atoms with Crippen molar-refractivity contribution in [1.82, 2.24) is 10.2 Å². The molecule has 1 saturated carbocycles. The van der Waals surface area contributed by atoms with Gasteiger partial charge in [0.2, 0.25) is 5.91 Å². The summed E-state index contributed by atoms with van der Waals surface area (Å²) in [5.41, 5.74) is 0.491. The van der Waals surface area contributed by atoms with E-state index in [-0.39, 0.29) is 0 Å². The van der Waals surface area contributed by atoms with Gasteiger partial charge in [-0.3, -0.25) is 4.79 Å². The van der Waals surface area contributed by atoms with Crippen molar-refractivity contribution in [2.75, 3.05) is 13.1 Å². The van der Waals surface area contributed by atoms with E-state index in [1.54, 1.807) is 0 Å². The predicted molar refractivity (Wildman–Crippen MR) is 72.3 cm³/mol. The van der Waals surface area contributed by atoms with Crippen molar-refractivity contribution < 1.29 is 4.79 Å². The molecule has 0 radical (unpaired) electrons. The Morgan fingerprint density at radius 2 is 2.06 bits per heavy atom. The van der Waals surface area contributed by atoms with E-state index in [2.05, 4.69) is 17.1 Å². The zero-order valence-corrected chi connectivity index (χ0v) is 11.6. The molecule has 2 unspecified atom stereocenters. The number of nitrogens with one attached hydrogen (secondary N) is 1. The largest absolute Gasteiger partial charge is 0.338 e. The second-order valence-corrected chi connectivity index (χ2v) is 6.86. The quantitative estimate of drug-likeness (QED) is 0.833. The zero-order valence-electron chi connectivity index (χ0n) is 11.6. The fourth-order valence-corrected chi connectivity index (χ4v) is 4.12. The topological polar surface area (TPSA) is 32.3 Å². The van der Waals surface area contributed by atoms with Crippen LogP contribution in [-0.4, -0.2) is 36.0 Å². The molecule has 2 saturated heterocycles. The number of carbonyl (C=O) groups is 1. The van der Waals surface area contributed by atoms with Gasteiger partial charge < -0.3 is 10.2 Å². The van der Waals surface area contributed by atoms with Gasteiger partial charge in [-0.05, 0) is 37.5 Å². The summed E-state index contributed by atoms with van der Waals surface area (Å²) in [4.78, 5) is 14.1. The monoisotopic (exact) mass is 250 g/mol. The molecule has 2 atom stereocenters. The van der Waals surface area contributed by atoms with E-state index in [0.29, 0.717) is 23.4 Å². The SMILES string of the molecule is CC1(CNC2CC(=O)N3CCCCC23)CCCC1.